The third-order valence-corrected chi connectivity index (χ3v) is 2.62. The number of imide groups is 2. The first-order chi connectivity index (χ1) is 8.88. The highest BCUT2D eigenvalue weighted by molar-refractivity contribution is 6.45. The molecule has 7 heteroatoms. The largest absolute Gasteiger partial charge is 0.352 e. The predicted molar refractivity (Wildman–Crippen MR) is 67.0 cm³/mol. The molecule has 0 saturated carbocycles. The average Bonchev–Trinajstić information content (AvgIpc) is 2.51. The Bertz CT molecular complexity index is 406. The van der Waals surface area contributed by atoms with Gasteiger partial charge in [0.25, 0.3) is 0 Å². The van der Waals surface area contributed by atoms with Gasteiger partial charge < -0.3 is 5.32 Å². The summed E-state index contributed by atoms with van der Waals surface area (Å²) in [6, 6.07) is -0.797. The van der Waals surface area contributed by atoms with Crippen molar-refractivity contribution in [2.75, 3.05) is 13.1 Å². The van der Waals surface area contributed by atoms with Crippen molar-refractivity contribution in [2.24, 2.45) is 0 Å². The van der Waals surface area contributed by atoms with Gasteiger partial charge in [-0.3, -0.25) is 19.3 Å². The topological polar surface area (TPSA) is 86.8 Å². The third-order valence-electron chi connectivity index (χ3n) is 2.62. The van der Waals surface area contributed by atoms with E-state index in [4.69, 9.17) is 0 Å². The van der Waals surface area contributed by atoms with Crippen molar-refractivity contribution >= 4 is 23.8 Å². The second-order valence-electron chi connectivity index (χ2n) is 4.71. The highest BCUT2D eigenvalue weighted by atomic mass is 16.2. The normalized spacial score (nSPS) is 15.7. The molecule has 1 N–H and O–H groups in total. The van der Waals surface area contributed by atoms with E-state index in [2.05, 4.69) is 5.32 Å². The van der Waals surface area contributed by atoms with Crippen LogP contribution in [0.1, 0.15) is 33.6 Å². The first-order valence-corrected chi connectivity index (χ1v) is 6.35. The molecule has 1 heterocycles. The maximum Gasteiger partial charge on any atom is 0.334 e. The molecule has 106 valence electrons. The lowest BCUT2D eigenvalue weighted by Crippen LogP contribution is -2.43. The van der Waals surface area contributed by atoms with Gasteiger partial charge in [0.05, 0.1) is 0 Å². The Morgan fingerprint density at radius 1 is 1.16 bits per heavy atom. The van der Waals surface area contributed by atoms with Gasteiger partial charge in [-0.2, -0.15) is 0 Å². The first-order valence-electron chi connectivity index (χ1n) is 6.35. The molecule has 1 saturated heterocycles. The quantitative estimate of drug-likeness (QED) is 0.547. The number of hydrogen-bond donors (Lipinski definition) is 1. The van der Waals surface area contributed by atoms with Gasteiger partial charge in [0.1, 0.15) is 6.54 Å². The number of urea groups is 1. The number of unbranched alkanes of at least 4 members (excludes halogenated alkanes) is 1. The molecule has 0 spiro atoms. The molecular weight excluding hydrogens is 250 g/mol. The SMILES string of the molecule is CCCCN1C(=O)C(=O)N(CC(=O)NC(C)C)C1=O. The lowest BCUT2D eigenvalue weighted by atomic mass is 10.3. The maximum atomic E-state index is 11.9. The summed E-state index contributed by atoms with van der Waals surface area (Å²) in [5.41, 5.74) is 0. The number of carbonyl (C=O) groups is 4. The van der Waals surface area contributed by atoms with Gasteiger partial charge in [0.15, 0.2) is 0 Å². The summed E-state index contributed by atoms with van der Waals surface area (Å²) in [6.07, 6.45) is 1.44. The molecule has 0 radical (unpaired) electrons. The van der Waals surface area contributed by atoms with Crippen LogP contribution in [0, 0.1) is 0 Å². The predicted octanol–water partition coefficient (Wildman–Crippen LogP) is 0.102. The van der Waals surface area contributed by atoms with Crippen LogP contribution in [0.4, 0.5) is 4.79 Å². The zero-order chi connectivity index (χ0) is 14.6. The molecule has 1 fully saturated rings. The summed E-state index contributed by atoms with van der Waals surface area (Å²) in [5, 5.41) is 2.57. The Morgan fingerprint density at radius 2 is 1.74 bits per heavy atom. The van der Waals surface area contributed by atoms with Crippen LogP contribution < -0.4 is 5.32 Å². The van der Waals surface area contributed by atoms with Crippen molar-refractivity contribution < 1.29 is 19.2 Å². The second-order valence-corrected chi connectivity index (χ2v) is 4.71. The Labute approximate surface area is 111 Å². The van der Waals surface area contributed by atoms with Crippen LogP contribution in [-0.2, 0) is 14.4 Å². The van der Waals surface area contributed by atoms with Gasteiger partial charge in [-0.25, -0.2) is 9.69 Å². The molecule has 0 aliphatic carbocycles. The van der Waals surface area contributed by atoms with E-state index >= 15 is 0 Å². The maximum absolute atomic E-state index is 11.9. The summed E-state index contributed by atoms with van der Waals surface area (Å²) >= 11 is 0. The Balaban J connectivity index is 2.69. The highest BCUT2D eigenvalue weighted by Gasteiger charge is 2.44. The summed E-state index contributed by atoms with van der Waals surface area (Å²) < 4.78 is 0. The fourth-order valence-electron chi connectivity index (χ4n) is 1.71. The molecule has 19 heavy (non-hydrogen) atoms. The van der Waals surface area contributed by atoms with Crippen LogP contribution in [0.15, 0.2) is 0 Å². The Hall–Kier alpha value is -1.92. The van der Waals surface area contributed by atoms with E-state index in [9.17, 15) is 19.2 Å². The van der Waals surface area contributed by atoms with Gasteiger partial charge in [-0.05, 0) is 20.3 Å². The molecule has 0 atom stereocenters. The molecule has 0 unspecified atom stereocenters. The monoisotopic (exact) mass is 269 g/mol. The highest BCUT2D eigenvalue weighted by Crippen LogP contribution is 2.12. The standard InChI is InChI=1S/C12H19N3O4/c1-4-5-6-14-10(17)11(18)15(12(14)19)7-9(16)13-8(2)3/h8H,4-7H2,1-3H3,(H,13,16). The van der Waals surface area contributed by atoms with Gasteiger partial charge in [-0.1, -0.05) is 13.3 Å². The molecule has 1 rings (SSSR count). The lowest BCUT2D eigenvalue weighted by molar-refractivity contribution is -0.144. The fourth-order valence-corrected chi connectivity index (χ4v) is 1.71. The molecule has 7 nitrogen and oxygen atoms in total. The minimum Gasteiger partial charge on any atom is -0.352 e. The number of nitrogens with zero attached hydrogens (tertiary/aromatic N) is 2. The van der Waals surface area contributed by atoms with Crippen molar-refractivity contribution in [1.29, 1.82) is 0 Å². The fraction of sp³-hybridized carbons (Fsp3) is 0.667. The first kappa shape index (κ1) is 15.1. The van der Waals surface area contributed by atoms with Gasteiger partial charge >= 0.3 is 17.8 Å². The zero-order valence-corrected chi connectivity index (χ0v) is 11.4. The minimum absolute atomic E-state index is 0.0906. The molecule has 0 bridgehead atoms. The average molecular weight is 269 g/mol. The van der Waals surface area contributed by atoms with Crippen LogP contribution in [0.2, 0.25) is 0 Å². The van der Waals surface area contributed by atoms with Crippen molar-refractivity contribution in [3.05, 3.63) is 0 Å². The van der Waals surface area contributed by atoms with Crippen molar-refractivity contribution in [3.63, 3.8) is 0 Å². The third kappa shape index (κ3) is 3.52. The molecular formula is C12H19N3O4. The van der Waals surface area contributed by atoms with Crippen molar-refractivity contribution in [3.8, 4) is 0 Å². The summed E-state index contributed by atoms with van der Waals surface area (Å²) in [5.74, 6) is -2.24. The Kier molecular flexibility index (Phi) is 5.02. The molecule has 1 aliphatic rings. The van der Waals surface area contributed by atoms with E-state index in [1.807, 2.05) is 6.92 Å². The molecule has 5 amide bonds. The molecule has 0 aromatic heterocycles. The zero-order valence-electron chi connectivity index (χ0n) is 11.4. The van der Waals surface area contributed by atoms with Crippen LogP contribution in [0.3, 0.4) is 0 Å². The smallest absolute Gasteiger partial charge is 0.334 e. The number of hydrogen-bond acceptors (Lipinski definition) is 4. The lowest BCUT2D eigenvalue weighted by Gasteiger charge is -2.15. The number of carbonyl (C=O) groups excluding carboxylic acids is 4. The van der Waals surface area contributed by atoms with E-state index in [0.29, 0.717) is 11.3 Å². The summed E-state index contributed by atoms with van der Waals surface area (Å²) in [4.78, 5) is 48.3. The number of nitrogens with one attached hydrogen (secondary N) is 1. The van der Waals surface area contributed by atoms with Crippen LogP contribution in [-0.4, -0.2) is 52.7 Å². The number of rotatable bonds is 6. The van der Waals surface area contributed by atoms with E-state index in [-0.39, 0.29) is 12.6 Å². The van der Waals surface area contributed by atoms with Gasteiger partial charge in [0.2, 0.25) is 5.91 Å². The van der Waals surface area contributed by atoms with Crippen LogP contribution >= 0.6 is 0 Å². The van der Waals surface area contributed by atoms with Gasteiger partial charge in [-0.15, -0.1) is 0 Å². The van der Waals surface area contributed by atoms with E-state index in [1.54, 1.807) is 13.8 Å². The van der Waals surface area contributed by atoms with E-state index in [1.165, 1.54) is 0 Å². The van der Waals surface area contributed by atoms with E-state index < -0.39 is 30.3 Å². The van der Waals surface area contributed by atoms with Crippen molar-refractivity contribution in [2.45, 2.75) is 39.7 Å². The van der Waals surface area contributed by atoms with Crippen LogP contribution in [0.25, 0.3) is 0 Å². The molecule has 0 aromatic carbocycles. The Morgan fingerprint density at radius 3 is 2.26 bits per heavy atom. The van der Waals surface area contributed by atoms with Gasteiger partial charge in [0, 0.05) is 12.6 Å². The molecule has 1 aliphatic heterocycles. The molecule has 0 aromatic rings. The van der Waals surface area contributed by atoms with Crippen molar-refractivity contribution in [1.82, 2.24) is 15.1 Å². The summed E-state index contributed by atoms with van der Waals surface area (Å²) in [6.45, 7) is 5.25. The van der Waals surface area contributed by atoms with E-state index in [0.717, 1.165) is 11.3 Å². The second kappa shape index (κ2) is 6.31. The van der Waals surface area contributed by atoms with Crippen LogP contribution in [0.5, 0.6) is 0 Å². The number of amides is 5. The summed E-state index contributed by atoms with van der Waals surface area (Å²) in [7, 11) is 0. The minimum atomic E-state index is -0.931.